The molecule has 142 valence electrons. The Morgan fingerprint density at radius 2 is 1.78 bits per heavy atom. The van der Waals surface area contributed by atoms with Crippen LogP contribution < -0.4 is 14.5 Å². The number of sulfonamides is 1. The van der Waals surface area contributed by atoms with E-state index in [1.54, 1.807) is 12.1 Å². The van der Waals surface area contributed by atoms with Gasteiger partial charge in [0, 0.05) is 0 Å². The molecule has 10 heteroatoms. The Labute approximate surface area is 170 Å². The molecule has 0 unspecified atom stereocenters. The van der Waals surface area contributed by atoms with Crippen molar-refractivity contribution >= 4 is 60.0 Å². The van der Waals surface area contributed by atoms with E-state index in [0.717, 1.165) is 46.8 Å². The Balaban J connectivity index is 1.77. The van der Waals surface area contributed by atoms with Gasteiger partial charge in [-0.25, -0.2) is 18.4 Å². The molecule has 2 N–H and O–H groups in total. The molecule has 0 bridgehead atoms. The molecule has 0 amide bonds. The number of piperazine rings is 1. The van der Waals surface area contributed by atoms with Crippen LogP contribution in [0.1, 0.15) is 0 Å². The SMILES string of the molecule is C[NH+]1CCN(c2nc3ccccc3nc2NS(=O)(=O)c2ccc(Br)s2)CC1. The number of hydrogen-bond donors (Lipinski definition) is 2. The first-order valence-electron chi connectivity index (χ1n) is 8.53. The van der Waals surface area contributed by atoms with E-state index in [2.05, 4.69) is 37.6 Å². The molecule has 1 fully saturated rings. The first-order valence-corrected chi connectivity index (χ1v) is 11.6. The minimum absolute atomic E-state index is 0.234. The van der Waals surface area contributed by atoms with Crippen molar-refractivity contribution in [1.82, 2.24) is 9.97 Å². The van der Waals surface area contributed by atoms with Gasteiger partial charge in [0.05, 0.1) is 48.0 Å². The van der Waals surface area contributed by atoms with Gasteiger partial charge < -0.3 is 9.80 Å². The zero-order valence-electron chi connectivity index (χ0n) is 14.6. The van der Waals surface area contributed by atoms with E-state index in [4.69, 9.17) is 4.98 Å². The average molecular weight is 469 g/mol. The predicted octanol–water partition coefficient (Wildman–Crippen LogP) is 1.59. The fourth-order valence-electron chi connectivity index (χ4n) is 3.00. The molecular weight excluding hydrogens is 450 g/mol. The summed E-state index contributed by atoms with van der Waals surface area (Å²) in [6, 6.07) is 10.8. The molecule has 1 aromatic carbocycles. The van der Waals surface area contributed by atoms with E-state index in [1.807, 2.05) is 24.3 Å². The highest BCUT2D eigenvalue weighted by molar-refractivity contribution is 9.11. The number of para-hydroxylation sites is 2. The topological polar surface area (TPSA) is 79.6 Å². The van der Waals surface area contributed by atoms with Gasteiger partial charge in [-0.3, -0.25) is 4.72 Å². The van der Waals surface area contributed by atoms with Crippen LogP contribution in [0.4, 0.5) is 11.6 Å². The second-order valence-electron chi connectivity index (χ2n) is 6.49. The van der Waals surface area contributed by atoms with Crippen molar-refractivity contribution in [1.29, 1.82) is 0 Å². The number of aromatic nitrogens is 2. The van der Waals surface area contributed by atoms with Gasteiger partial charge >= 0.3 is 0 Å². The Hall–Kier alpha value is -1.75. The summed E-state index contributed by atoms with van der Waals surface area (Å²) in [4.78, 5) is 12.9. The van der Waals surface area contributed by atoms with Crippen LogP contribution in [0, 0.1) is 0 Å². The molecule has 0 spiro atoms. The third kappa shape index (κ3) is 3.93. The average Bonchev–Trinajstić information content (AvgIpc) is 3.09. The number of halogens is 1. The fourth-order valence-corrected chi connectivity index (χ4v) is 6.01. The summed E-state index contributed by atoms with van der Waals surface area (Å²) < 4.78 is 29.3. The molecule has 1 aliphatic heterocycles. The van der Waals surface area contributed by atoms with E-state index in [9.17, 15) is 8.42 Å². The number of rotatable bonds is 4. The quantitative estimate of drug-likeness (QED) is 0.607. The first-order chi connectivity index (χ1) is 12.9. The van der Waals surface area contributed by atoms with Gasteiger partial charge in [-0.15, -0.1) is 11.3 Å². The minimum Gasteiger partial charge on any atom is -0.342 e. The monoisotopic (exact) mass is 468 g/mol. The number of thiophene rings is 1. The van der Waals surface area contributed by atoms with Crippen LogP contribution >= 0.6 is 27.3 Å². The lowest BCUT2D eigenvalue weighted by molar-refractivity contribution is -0.880. The number of quaternary nitrogens is 1. The predicted molar refractivity (Wildman–Crippen MR) is 111 cm³/mol. The number of benzene rings is 1. The maximum atomic E-state index is 12.8. The summed E-state index contributed by atoms with van der Waals surface area (Å²) in [6.07, 6.45) is 0. The van der Waals surface area contributed by atoms with Gasteiger partial charge in [0.2, 0.25) is 0 Å². The van der Waals surface area contributed by atoms with Crippen molar-refractivity contribution in [3.63, 3.8) is 0 Å². The van der Waals surface area contributed by atoms with Crippen molar-refractivity contribution in [3.05, 3.63) is 40.2 Å². The number of fused-ring (bicyclic) bond motifs is 1. The third-order valence-electron chi connectivity index (χ3n) is 4.51. The molecule has 0 aliphatic carbocycles. The van der Waals surface area contributed by atoms with Crippen LogP contribution in [0.25, 0.3) is 11.0 Å². The molecule has 27 heavy (non-hydrogen) atoms. The maximum Gasteiger partial charge on any atom is 0.272 e. The smallest absolute Gasteiger partial charge is 0.272 e. The summed E-state index contributed by atoms with van der Waals surface area (Å²) in [5.74, 6) is 0.859. The highest BCUT2D eigenvalue weighted by Crippen LogP contribution is 2.30. The van der Waals surface area contributed by atoms with Gasteiger partial charge in [-0.05, 0) is 40.2 Å². The van der Waals surface area contributed by atoms with E-state index in [0.29, 0.717) is 11.3 Å². The van der Waals surface area contributed by atoms with Crippen molar-refractivity contribution in [3.8, 4) is 0 Å². The van der Waals surface area contributed by atoms with Crippen molar-refractivity contribution in [2.45, 2.75) is 4.21 Å². The molecular formula is C17H19BrN5O2S2+. The minimum atomic E-state index is -3.73. The molecule has 4 rings (SSSR count). The highest BCUT2D eigenvalue weighted by atomic mass is 79.9. The highest BCUT2D eigenvalue weighted by Gasteiger charge is 2.25. The van der Waals surface area contributed by atoms with Gasteiger partial charge in [0.25, 0.3) is 10.0 Å². The van der Waals surface area contributed by atoms with Crippen LogP contribution in [0.15, 0.2) is 44.4 Å². The summed E-state index contributed by atoms with van der Waals surface area (Å²) in [5, 5.41) is 0. The zero-order chi connectivity index (χ0) is 19.0. The van der Waals surface area contributed by atoms with Crippen LogP contribution in [-0.2, 0) is 10.0 Å². The molecule has 1 aliphatic rings. The molecule has 0 saturated carbocycles. The zero-order valence-corrected chi connectivity index (χ0v) is 17.9. The fraction of sp³-hybridized carbons (Fsp3) is 0.294. The van der Waals surface area contributed by atoms with Crippen molar-refractivity contribution in [2.24, 2.45) is 0 Å². The first kappa shape index (κ1) is 18.6. The second kappa shape index (κ2) is 7.34. The summed E-state index contributed by atoms with van der Waals surface area (Å²) in [7, 11) is -1.57. The lowest BCUT2D eigenvalue weighted by Gasteiger charge is -2.31. The molecule has 1 saturated heterocycles. The van der Waals surface area contributed by atoms with Crippen molar-refractivity contribution in [2.75, 3.05) is 42.8 Å². The van der Waals surface area contributed by atoms with Gasteiger partial charge in [-0.2, -0.15) is 0 Å². The Kier molecular flexibility index (Phi) is 5.06. The number of likely N-dealkylation sites (N-methyl/N-ethyl adjacent to an activating group) is 1. The van der Waals surface area contributed by atoms with Crippen molar-refractivity contribution < 1.29 is 13.3 Å². The van der Waals surface area contributed by atoms with Gasteiger partial charge in [0.15, 0.2) is 11.6 Å². The molecule has 2 aromatic heterocycles. The van der Waals surface area contributed by atoms with Crippen LogP contribution in [0.2, 0.25) is 0 Å². The van der Waals surface area contributed by atoms with Crippen LogP contribution in [0.3, 0.4) is 0 Å². The third-order valence-corrected chi connectivity index (χ3v) is 7.97. The molecule has 7 nitrogen and oxygen atoms in total. The lowest BCUT2D eigenvalue weighted by Crippen LogP contribution is -3.12. The number of hydrogen-bond acceptors (Lipinski definition) is 6. The Bertz CT molecular complexity index is 1080. The maximum absolute atomic E-state index is 12.8. The normalized spacial score (nSPS) is 16.0. The molecule has 3 heterocycles. The van der Waals surface area contributed by atoms with Gasteiger partial charge in [0.1, 0.15) is 4.21 Å². The van der Waals surface area contributed by atoms with Crippen LogP contribution in [-0.4, -0.2) is 51.6 Å². The van der Waals surface area contributed by atoms with E-state index in [1.165, 1.54) is 4.90 Å². The molecule has 0 radical (unpaired) electrons. The van der Waals surface area contributed by atoms with E-state index < -0.39 is 10.0 Å². The number of anilines is 2. The van der Waals surface area contributed by atoms with E-state index in [-0.39, 0.29) is 10.0 Å². The van der Waals surface area contributed by atoms with Gasteiger partial charge in [-0.1, -0.05) is 12.1 Å². The number of nitrogens with zero attached hydrogens (tertiary/aromatic N) is 3. The van der Waals surface area contributed by atoms with Crippen LogP contribution in [0.5, 0.6) is 0 Å². The Morgan fingerprint density at radius 1 is 1.11 bits per heavy atom. The largest absolute Gasteiger partial charge is 0.342 e. The Morgan fingerprint density at radius 3 is 2.41 bits per heavy atom. The summed E-state index contributed by atoms with van der Waals surface area (Å²) >= 11 is 4.47. The van der Waals surface area contributed by atoms with E-state index >= 15 is 0 Å². The number of nitrogens with one attached hydrogen (secondary N) is 2. The summed E-state index contributed by atoms with van der Waals surface area (Å²) in [6.45, 7) is 3.55. The second-order valence-corrected chi connectivity index (χ2v) is 10.9. The molecule has 3 aromatic rings. The molecule has 0 atom stereocenters. The standard InChI is InChI=1S/C17H18BrN5O2S2/c1-22-8-10-23(11-9-22)17-16(19-12-4-2-3-5-13(12)20-17)21-27(24,25)15-7-6-14(18)26-15/h2-7H,8-11H2,1H3,(H,19,21)/p+1. The lowest BCUT2D eigenvalue weighted by atomic mass is 10.3. The summed E-state index contributed by atoms with van der Waals surface area (Å²) in [5.41, 5.74) is 1.41.